The largest absolute Gasteiger partial charge is 0.491 e. The first-order valence-corrected chi connectivity index (χ1v) is 8.23. The zero-order valence-electron chi connectivity index (χ0n) is 13.3. The monoisotopic (exact) mass is 292 g/mol. The number of rotatable bonds is 6. The van der Waals surface area contributed by atoms with Gasteiger partial charge in [-0.25, -0.2) is 0 Å². The maximum atomic E-state index is 10.6. The smallest absolute Gasteiger partial charge is 0.123 e. The van der Waals surface area contributed by atoms with Crippen LogP contribution >= 0.6 is 0 Å². The molecule has 1 N–H and O–H groups in total. The van der Waals surface area contributed by atoms with Gasteiger partial charge in [-0.1, -0.05) is 38.7 Å². The second kappa shape index (κ2) is 7.69. The molecule has 0 bridgehead atoms. The molecule has 1 aromatic rings. The molecular formula is C18H28O3. The maximum absolute atomic E-state index is 10.6. The predicted octanol–water partition coefficient (Wildman–Crippen LogP) is 4.33. The summed E-state index contributed by atoms with van der Waals surface area (Å²) in [5.41, 5.74) is -0.663. The van der Waals surface area contributed by atoms with Crippen LogP contribution in [0, 0.1) is 0 Å². The molecule has 1 fully saturated rings. The Kier molecular flexibility index (Phi) is 5.92. The van der Waals surface area contributed by atoms with Gasteiger partial charge >= 0.3 is 0 Å². The van der Waals surface area contributed by atoms with Gasteiger partial charge in [0.05, 0.1) is 11.7 Å². The first-order chi connectivity index (χ1) is 10.1. The molecule has 0 radical (unpaired) electrons. The zero-order valence-corrected chi connectivity index (χ0v) is 13.3. The summed E-state index contributed by atoms with van der Waals surface area (Å²) in [4.78, 5) is 0. The number of hydrogen-bond donors (Lipinski definition) is 1. The highest BCUT2D eigenvalue weighted by molar-refractivity contribution is 5.33. The lowest BCUT2D eigenvalue weighted by atomic mass is 9.96. The minimum Gasteiger partial charge on any atom is -0.491 e. The van der Waals surface area contributed by atoms with Gasteiger partial charge < -0.3 is 14.6 Å². The zero-order chi connectivity index (χ0) is 15.1. The van der Waals surface area contributed by atoms with E-state index in [2.05, 4.69) is 13.8 Å². The fourth-order valence-electron chi connectivity index (χ4n) is 2.70. The van der Waals surface area contributed by atoms with Crippen molar-refractivity contribution < 1.29 is 14.6 Å². The van der Waals surface area contributed by atoms with Gasteiger partial charge in [-0.05, 0) is 38.3 Å². The highest BCUT2D eigenvalue weighted by Crippen LogP contribution is 2.28. The first-order valence-electron chi connectivity index (χ1n) is 8.23. The van der Waals surface area contributed by atoms with Gasteiger partial charge in [0.2, 0.25) is 0 Å². The lowest BCUT2D eigenvalue weighted by Gasteiger charge is -2.26. The summed E-state index contributed by atoms with van der Waals surface area (Å²) < 4.78 is 11.6. The summed E-state index contributed by atoms with van der Waals surface area (Å²) in [5, 5.41) is 10.6. The third-order valence-corrected chi connectivity index (χ3v) is 4.26. The maximum Gasteiger partial charge on any atom is 0.123 e. The van der Waals surface area contributed by atoms with Crippen LogP contribution in [0.25, 0.3) is 0 Å². The summed E-state index contributed by atoms with van der Waals surface area (Å²) >= 11 is 0. The van der Waals surface area contributed by atoms with Crippen LogP contribution in [0.15, 0.2) is 24.3 Å². The van der Waals surface area contributed by atoms with Crippen molar-refractivity contribution in [1.82, 2.24) is 0 Å². The Morgan fingerprint density at radius 3 is 2.48 bits per heavy atom. The van der Waals surface area contributed by atoms with Gasteiger partial charge in [0, 0.05) is 6.07 Å². The molecular weight excluding hydrogens is 264 g/mol. The molecule has 0 aliphatic heterocycles. The normalized spacial score (nSPS) is 19.6. The minimum absolute atomic E-state index is 0.200. The van der Waals surface area contributed by atoms with E-state index in [1.54, 1.807) is 0 Å². The van der Waals surface area contributed by atoms with Crippen molar-refractivity contribution in [1.29, 1.82) is 0 Å². The van der Waals surface area contributed by atoms with E-state index in [1.807, 2.05) is 24.3 Å². The van der Waals surface area contributed by atoms with Gasteiger partial charge in [-0.3, -0.25) is 0 Å². The quantitative estimate of drug-likeness (QED) is 0.793. The predicted molar refractivity (Wildman–Crippen MR) is 85.0 cm³/mol. The lowest BCUT2D eigenvalue weighted by molar-refractivity contribution is -0.0174. The van der Waals surface area contributed by atoms with E-state index in [-0.39, 0.29) is 6.10 Å². The SMILES string of the molecule is CC[C@@H](C)Oc1cccc(OCC2(O)CCCCCC2)c1. The average molecular weight is 292 g/mol. The molecule has 0 saturated heterocycles. The third kappa shape index (κ3) is 5.24. The van der Waals surface area contributed by atoms with Crippen LogP contribution in [0.1, 0.15) is 58.8 Å². The van der Waals surface area contributed by atoms with Crippen LogP contribution in [0.4, 0.5) is 0 Å². The molecule has 1 aliphatic carbocycles. The molecule has 1 saturated carbocycles. The Balaban J connectivity index is 1.91. The fraction of sp³-hybridized carbons (Fsp3) is 0.667. The molecule has 1 aliphatic rings. The van der Waals surface area contributed by atoms with Crippen molar-refractivity contribution in [3.05, 3.63) is 24.3 Å². The number of benzene rings is 1. The second-order valence-corrected chi connectivity index (χ2v) is 6.24. The van der Waals surface area contributed by atoms with Crippen molar-refractivity contribution >= 4 is 0 Å². The Bertz CT molecular complexity index is 422. The Morgan fingerprint density at radius 1 is 1.14 bits per heavy atom. The lowest BCUT2D eigenvalue weighted by Crippen LogP contribution is -2.35. The number of ether oxygens (including phenoxy) is 2. The van der Waals surface area contributed by atoms with Gasteiger partial charge in [-0.15, -0.1) is 0 Å². The van der Waals surface area contributed by atoms with Crippen molar-refractivity contribution in [2.45, 2.75) is 70.5 Å². The molecule has 0 amide bonds. The van der Waals surface area contributed by atoms with Crippen molar-refractivity contribution in [3.63, 3.8) is 0 Å². The summed E-state index contributed by atoms with van der Waals surface area (Å²) in [6, 6.07) is 7.71. The highest BCUT2D eigenvalue weighted by Gasteiger charge is 2.28. The van der Waals surface area contributed by atoms with Gasteiger partial charge in [-0.2, -0.15) is 0 Å². The highest BCUT2D eigenvalue weighted by atomic mass is 16.5. The summed E-state index contributed by atoms with van der Waals surface area (Å²) in [7, 11) is 0. The van der Waals surface area contributed by atoms with E-state index in [4.69, 9.17) is 9.47 Å². The van der Waals surface area contributed by atoms with E-state index in [1.165, 1.54) is 12.8 Å². The first kappa shape index (κ1) is 16.2. The molecule has 0 unspecified atom stereocenters. The van der Waals surface area contributed by atoms with E-state index >= 15 is 0 Å². The molecule has 0 heterocycles. The van der Waals surface area contributed by atoms with Crippen molar-refractivity contribution in [3.8, 4) is 11.5 Å². The molecule has 3 nitrogen and oxygen atoms in total. The standard InChI is InChI=1S/C18H28O3/c1-3-15(2)21-17-10-8-9-16(13-17)20-14-18(19)11-6-4-5-7-12-18/h8-10,13,15,19H,3-7,11-12,14H2,1-2H3/t15-/m1/s1. The average Bonchev–Trinajstić information content (AvgIpc) is 2.71. The van der Waals surface area contributed by atoms with E-state index in [0.717, 1.165) is 43.6 Å². The minimum atomic E-state index is -0.663. The van der Waals surface area contributed by atoms with Crippen LogP contribution in [-0.2, 0) is 0 Å². The summed E-state index contributed by atoms with van der Waals surface area (Å²) in [6.45, 7) is 4.54. The Morgan fingerprint density at radius 2 is 1.81 bits per heavy atom. The number of aliphatic hydroxyl groups is 1. The van der Waals surface area contributed by atoms with Crippen molar-refractivity contribution in [2.24, 2.45) is 0 Å². The van der Waals surface area contributed by atoms with E-state index in [9.17, 15) is 5.11 Å². The number of hydrogen-bond acceptors (Lipinski definition) is 3. The van der Waals surface area contributed by atoms with Gasteiger partial charge in [0.1, 0.15) is 18.1 Å². The molecule has 1 atom stereocenters. The molecule has 3 heteroatoms. The van der Waals surface area contributed by atoms with Crippen LogP contribution in [0.2, 0.25) is 0 Å². The van der Waals surface area contributed by atoms with E-state index in [0.29, 0.717) is 6.61 Å². The molecule has 1 aromatic carbocycles. The van der Waals surface area contributed by atoms with Crippen LogP contribution < -0.4 is 9.47 Å². The Labute approximate surface area is 128 Å². The van der Waals surface area contributed by atoms with E-state index < -0.39 is 5.60 Å². The third-order valence-electron chi connectivity index (χ3n) is 4.26. The summed E-state index contributed by atoms with van der Waals surface area (Å²) in [5.74, 6) is 1.60. The molecule has 21 heavy (non-hydrogen) atoms. The molecule has 118 valence electrons. The van der Waals surface area contributed by atoms with Gasteiger partial charge in [0.15, 0.2) is 0 Å². The van der Waals surface area contributed by atoms with Crippen LogP contribution in [0.5, 0.6) is 11.5 Å². The second-order valence-electron chi connectivity index (χ2n) is 6.24. The van der Waals surface area contributed by atoms with Crippen molar-refractivity contribution in [2.75, 3.05) is 6.61 Å². The summed E-state index contributed by atoms with van der Waals surface area (Å²) in [6.07, 6.45) is 7.50. The van der Waals surface area contributed by atoms with Crippen LogP contribution in [0.3, 0.4) is 0 Å². The topological polar surface area (TPSA) is 38.7 Å². The fourth-order valence-corrected chi connectivity index (χ4v) is 2.70. The van der Waals surface area contributed by atoms with Gasteiger partial charge in [0.25, 0.3) is 0 Å². The molecule has 0 aromatic heterocycles. The molecule has 0 spiro atoms. The van der Waals surface area contributed by atoms with Crippen LogP contribution in [-0.4, -0.2) is 23.4 Å². The Hall–Kier alpha value is -1.22. The molecule has 2 rings (SSSR count).